The number of hydrogen-bond acceptors (Lipinski definition) is 8. The van der Waals surface area contributed by atoms with Gasteiger partial charge in [0, 0.05) is 23.3 Å². The van der Waals surface area contributed by atoms with Crippen LogP contribution in [-0.4, -0.2) is 41.4 Å². The molecule has 0 aliphatic heterocycles. The van der Waals surface area contributed by atoms with E-state index < -0.39 is 17.7 Å². The van der Waals surface area contributed by atoms with E-state index in [9.17, 15) is 18.4 Å². The summed E-state index contributed by atoms with van der Waals surface area (Å²) in [6.07, 6.45) is 15.0. The number of nitrogens with zero attached hydrogens (tertiary/aromatic N) is 6. The molecule has 0 unspecified atom stereocenters. The number of thiazole rings is 1. The fourth-order valence-corrected chi connectivity index (χ4v) is 6.38. The highest BCUT2D eigenvalue weighted by atomic mass is 32.1. The molecule has 2 aliphatic carbocycles. The molecule has 1 N–H and O–H groups in total. The Morgan fingerprint density at radius 2 is 1.74 bits per heavy atom. The van der Waals surface area contributed by atoms with Crippen molar-refractivity contribution in [3.8, 4) is 22.0 Å². The topological polar surface area (TPSA) is 117 Å². The largest absolute Gasteiger partial charge is 0.442 e. The molecule has 0 spiro atoms. The lowest BCUT2D eigenvalue weighted by molar-refractivity contribution is -0.154. The second kappa shape index (κ2) is 12.5. The molecule has 0 atom stereocenters. The standard InChI is InChI=1S/C29H31F2N7O3S/c30-21-11-12-24(31)35-25(21)26-22(15-38(36-26)20-9-5-2-6-10-20)33-27(39)23-16-42-28(34-23)19-13-32-37(14-19)17-41-29(40)18-7-3-1-4-8-18/h11-16,18,20H,1-10,17H2,(H,33,39). The first-order chi connectivity index (χ1) is 20.4. The van der Waals surface area contributed by atoms with E-state index in [1.807, 2.05) is 0 Å². The van der Waals surface area contributed by atoms with Gasteiger partial charge in [-0.15, -0.1) is 11.3 Å². The summed E-state index contributed by atoms with van der Waals surface area (Å²) < 4.78 is 37.3. The zero-order valence-corrected chi connectivity index (χ0v) is 23.8. The molecule has 4 heterocycles. The highest BCUT2D eigenvalue weighted by molar-refractivity contribution is 7.13. The van der Waals surface area contributed by atoms with Crippen molar-refractivity contribution >= 4 is 28.9 Å². The van der Waals surface area contributed by atoms with Crippen LogP contribution in [0.15, 0.2) is 36.1 Å². The summed E-state index contributed by atoms with van der Waals surface area (Å²) in [4.78, 5) is 33.8. The van der Waals surface area contributed by atoms with Crippen LogP contribution in [0.4, 0.5) is 14.5 Å². The Kier molecular flexibility index (Phi) is 8.36. The number of carbonyl (C=O) groups excluding carboxylic acids is 2. The first-order valence-corrected chi connectivity index (χ1v) is 15.2. The lowest BCUT2D eigenvalue weighted by Gasteiger charge is -2.21. The fourth-order valence-electron chi connectivity index (χ4n) is 5.60. The highest BCUT2D eigenvalue weighted by Crippen LogP contribution is 2.34. The van der Waals surface area contributed by atoms with Crippen LogP contribution in [0.2, 0.25) is 0 Å². The molecule has 1 amide bonds. The van der Waals surface area contributed by atoms with Crippen LogP contribution in [0.3, 0.4) is 0 Å². The first kappa shape index (κ1) is 28.1. The number of nitrogens with one attached hydrogen (secondary N) is 1. The van der Waals surface area contributed by atoms with E-state index in [2.05, 4.69) is 25.5 Å². The van der Waals surface area contributed by atoms with Crippen LogP contribution in [0.5, 0.6) is 0 Å². The van der Waals surface area contributed by atoms with Gasteiger partial charge in [0.1, 0.15) is 22.1 Å². The van der Waals surface area contributed by atoms with E-state index >= 15 is 0 Å². The van der Waals surface area contributed by atoms with E-state index in [1.165, 1.54) is 16.0 Å². The third-order valence-electron chi connectivity index (χ3n) is 7.86. The minimum Gasteiger partial charge on any atom is -0.442 e. The predicted molar refractivity (Wildman–Crippen MR) is 151 cm³/mol. The van der Waals surface area contributed by atoms with Crippen molar-refractivity contribution in [2.24, 2.45) is 5.92 Å². The third kappa shape index (κ3) is 6.25. The zero-order chi connectivity index (χ0) is 29.1. The van der Waals surface area contributed by atoms with Gasteiger partial charge in [-0.2, -0.15) is 14.6 Å². The molecular formula is C29H31F2N7O3S. The molecule has 220 valence electrons. The van der Waals surface area contributed by atoms with Gasteiger partial charge in [0.2, 0.25) is 5.95 Å². The quantitative estimate of drug-likeness (QED) is 0.186. The van der Waals surface area contributed by atoms with Crippen molar-refractivity contribution in [3.63, 3.8) is 0 Å². The van der Waals surface area contributed by atoms with Gasteiger partial charge in [-0.05, 0) is 37.8 Å². The van der Waals surface area contributed by atoms with Crippen LogP contribution >= 0.6 is 11.3 Å². The maximum Gasteiger partial charge on any atom is 0.310 e. The number of pyridine rings is 1. The molecule has 10 nitrogen and oxygen atoms in total. The van der Waals surface area contributed by atoms with Gasteiger partial charge in [-0.3, -0.25) is 14.3 Å². The molecule has 4 aromatic rings. The van der Waals surface area contributed by atoms with E-state index in [-0.39, 0.29) is 47.4 Å². The fraction of sp³-hybridized carbons (Fsp3) is 0.448. The zero-order valence-electron chi connectivity index (χ0n) is 23.0. The van der Waals surface area contributed by atoms with Crippen LogP contribution in [0.25, 0.3) is 22.0 Å². The molecule has 42 heavy (non-hydrogen) atoms. The Balaban J connectivity index is 1.16. The van der Waals surface area contributed by atoms with Gasteiger partial charge in [-0.1, -0.05) is 38.5 Å². The summed E-state index contributed by atoms with van der Waals surface area (Å²) in [5.74, 6) is -2.34. The molecule has 0 radical (unpaired) electrons. The number of halogens is 2. The van der Waals surface area contributed by atoms with Gasteiger partial charge in [0.25, 0.3) is 5.91 Å². The molecule has 0 aromatic carbocycles. The van der Waals surface area contributed by atoms with Gasteiger partial charge in [-0.25, -0.2) is 19.0 Å². The predicted octanol–water partition coefficient (Wildman–Crippen LogP) is 6.38. The molecule has 4 aromatic heterocycles. The van der Waals surface area contributed by atoms with E-state index in [0.717, 1.165) is 76.3 Å². The molecule has 6 rings (SSSR count). The van der Waals surface area contributed by atoms with Crippen molar-refractivity contribution in [1.82, 2.24) is 29.5 Å². The smallest absolute Gasteiger partial charge is 0.310 e. The molecule has 2 aliphatic rings. The number of carbonyl (C=O) groups is 2. The van der Waals surface area contributed by atoms with Crippen LogP contribution in [0.1, 0.15) is 80.7 Å². The number of rotatable bonds is 8. The van der Waals surface area contributed by atoms with Crippen molar-refractivity contribution in [1.29, 1.82) is 0 Å². The second-order valence-corrected chi connectivity index (χ2v) is 11.7. The lowest BCUT2D eigenvalue weighted by Crippen LogP contribution is -2.21. The normalized spacial score (nSPS) is 16.4. The average molecular weight is 596 g/mol. The average Bonchev–Trinajstić information content (AvgIpc) is 3.78. The first-order valence-electron chi connectivity index (χ1n) is 14.3. The Labute approximate surface area is 245 Å². The monoisotopic (exact) mass is 595 g/mol. The SMILES string of the molecule is O=C(Nc1cn(C2CCCCC2)nc1-c1nc(F)ccc1F)c1csc(-c2cnn(COC(=O)C3CCCCC3)c2)n1. The molecular weight excluding hydrogens is 564 g/mol. The molecule has 2 fully saturated rings. The summed E-state index contributed by atoms with van der Waals surface area (Å²) in [6, 6.07) is 2.03. The number of amides is 1. The highest BCUT2D eigenvalue weighted by Gasteiger charge is 2.25. The molecule has 2 saturated carbocycles. The van der Waals surface area contributed by atoms with Crippen molar-refractivity contribution < 1.29 is 23.1 Å². The maximum absolute atomic E-state index is 14.7. The summed E-state index contributed by atoms with van der Waals surface area (Å²) >= 11 is 1.26. The molecule has 0 bridgehead atoms. The number of ether oxygens (including phenoxy) is 1. The summed E-state index contributed by atoms with van der Waals surface area (Å²) in [5, 5.41) is 13.7. The van der Waals surface area contributed by atoms with E-state index in [4.69, 9.17) is 4.74 Å². The van der Waals surface area contributed by atoms with E-state index in [1.54, 1.807) is 28.7 Å². The summed E-state index contributed by atoms with van der Waals surface area (Å²) in [7, 11) is 0. The maximum atomic E-state index is 14.7. The Bertz CT molecular complexity index is 1570. The van der Waals surface area contributed by atoms with Gasteiger partial charge in [0.15, 0.2) is 12.5 Å². The van der Waals surface area contributed by atoms with Crippen LogP contribution in [0, 0.1) is 17.7 Å². The number of aromatic nitrogens is 6. The Hall–Kier alpha value is -4.00. The minimum atomic E-state index is -0.843. The molecule has 0 saturated heterocycles. The third-order valence-corrected chi connectivity index (χ3v) is 8.75. The number of hydrogen-bond donors (Lipinski definition) is 1. The summed E-state index contributed by atoms with van der Waals surface area (Å²) in [6.45, 7) is 0.00644. The van der Waals surface area contributed by atoms with Gasteiger partial charge < -0.3 is 10.1 Å². The number of esters is 1. The minimum absolute atomic E-state index is 0.00644. The van der Waals surface area contributed by atoms with E-state index in [0.29, 0.717) is 10.6 Å². The van der Waals surface area contributed by atoms with Gasteiger partial charge >= 0.3 is 5.97 Å². The molecule has 13 heteroatoms. The van der Waals surface area contributed by atoms with Crippen molar-refractivity contribution in [3.05, 3.63) is 53.6 Å². The lowest BCUT2D eigenvalue weighted by atomic mass is 9.89. The second-order valence-electron chi connectivity index (χ2n) is 10.8. The number of anilines is 1. The van der Waals surface area contributed by atoms with Crippen molar-refractivity contribution in [2.45, 2.75) is 77.0 Å². The van der Waals surface area contributed by atoms with Crippen LogP contribution < -0.4 is 5.32 Å². The van der Waals surface area contributed by atoms with Crippen molar-refractivity contribution in [2.75, 3.05) is 5.32 Å². The Morgan fingerprint density at radius 1 is 0.976 bits per heavy atom. The van der Waals surface area contributed by atoms with Crippen LogP contribution in [-0.2, 0) is 16.3 Å². The Morgan fingerprint density at radius 3 is 2.52 bits per heavy atom. The van der Waals surface area contributed by atoms with Gasteiger partial charge in [0.05, 0.1) is 23.8 Å². The summed E-state index contributed by atoms with van der Waals surface area (Å²) in [5.41, 5.74) is 0.839.